The number of rotatable bonds is 3. The lowest BCUT2D eigenvalue weighted by Crippen LogP contribution is -2.13. The van der Waals surface area contributed by atoms with E-state index in [1.54, 1.807) is 12.3 Å². The van der Waals surface area contributed by atoms with Crippen molar-refractivity contribution < 1.29 is 26.3 Å². The van der Waals surface area contributed by atoms with Crippen LogP contribution in [-0.4, -0.2) is 29.3 Å². The molecule has 4 rings (SSSR count). The summed E-state index contributed by atoms with van der Waals surface area (Å²) in [5.41, 5.74) is 3.06. The number of nitrogens with two attached hydrogens (primary N) is 1. The van der Waals surface area contributed by atoms with Crippen molar-refractivity contribution in [2.75, 3.05) is 5.73 Å². The van der Waals surface area contributed by atoms with Crippen LogP contribution in [0.5, 0.6) is 0 Å². The summed E-state index contributed by atoms with van der Waals surface area (Å²) in [6.45, 7) is -0.349. The fraction of sp³-hybridized carbons (Fsp3) is 0.176. The highest BCUT2D eigenvalue weighted by molar-refractivity contribution is 5.79. The highest BCUT2D eigenvalue weighted by Gasteiger charge is 2.37. The second-order valence-electron chi connectivity index (χ2n) is 6.31. The van der Waals surface area contributed by atoms with Crippen LogP contribution in [-0.2, 0) is 18.9 Å². The maximum absolute atomic E-state index is 13.1. The summed E-state index contributed by atoms with van der Waals surface area (Å²) in [5, 5.41) is 4.02. The number of halogens is 6. The molecular formula is C17H11F6N7. The number of imidazole rings is 1. The number of fused-ring (bicyclic) bond motifs is 1. The number of aromatic nitrogens is 6. The van der Waals surface area contributed by atoms with E-state index in [2.05, 4.69) is 20.1 Å². The van der Waals surface area contributed by atoms with Gasteiger partial charge in [-0.3, -0.25) is 0 Å². The first-order valence-electron chi connectivity index (χ1n) is 8.29. The second kappa shape index (κ2) is 6.71. The average Bonchev–Trinajstić information content (AvgIpc) is 3.30. The van der Waals surface area contributed by atoms with Crippen LogP contribution in [0.15, 0.2) is 43.0 Å². The predicted octanol–water partition coefficient (Wildman–Crippen LogP) is 3.68. The van der Waals surface area contributed by atoms with Gasteiger partial charge in [0.15, 0.2) is 17.0 Å². The molecule has 0 aliphatic heterocycles. The molecular weight excluding hydrogens is 416 g/mol. The van der Waals surface area contributed by atoms with Gasteiger partial charge in [0, 0.05) is 12.4 Å². The summed E-state index contributed by atoms with van der Waals surface area (Å²) in [5.74, 6) is 0.0658. The average molecular weight is 427 g/mol. The SMILES string of the molecule is Nc1nc(-n2cccn2)c2ncn(Cc3cc(C(F)(F)F)cc(C(F)(F)F)c3)c2n1. The monoisotopic (exact) mass is 427 g/mol. The van der Waals surface area contributed by atoms with Crippen molar-refractivity contribution in [3.05, 3.63) is 59.7 Å². The van der Waals surface area contributed by atoms with Crippen LogP contribution in [0.25, 0.3) is 17.0 Å². The molecule has 0 amide bonds. The summed E-state index contributed by atoms with van der Waals surface area (Å²) in [4.78, 5) is 12.2. The molecule has 0 aliphatic carbocycles. The molecule has 0 aliphatic rings. The van der Waals surface area contributed by atoms with Gasteiger partial charge < -0.3 is 10.3 Å². The maximum Gasteiger partial charge on any atom is 0.416 e. The van der Waals surface area contributed by atoms with Crippen molar-refractivity contribution in [3.8, 4) is 5.82 Å². The Morgan fingerprint density at radius 1 is 0.933 bits per heavy atom. The molecule has 7 nitrogen and oxygen atoms in total. The third kappa shape index (κ3) is 3.65. The molecule has 0 fully saturated rings. The number of nitrogen functional groups attached to an aromatic ring is 1. The molecule has 0 spiro atoms. The molecule has 13 heteroatoms. The first-order valence-corrected chi connectivity index (χ1v) is 8.29. The molecule has 0 bridgehead atoms. The minimum absolute atomic E-state index is 0.0749. The fourth-order valence-electron chi connectivity index (χ4n) is 2.92. The number of hydrogen-bond donors (Lipinski definition) is 1. The lowest BCUT2D eigenvalue weighted by molar-refractivity contribution is -0.143. The normalized spacial score (nSPS) is 12.6. The van der Waals surface area contributed by atoms with E-state index in [1.165, 1.54) is 21.8 Å². The number of benzene rings is 1. The molecule has 0 atom stereocenters. The summed E-state index contributed by atoms with van der Waals surface area (Å²) >= 11 is 0. The summed E-state index contributed by atoms with van der Waals surface area (Å²) in [7, 11) is 0. The number of alkyl halides is 6. The van der Waals surface area contributed by atoms with E-state index in [9.17, 15) is 26.3 Å². The Kier molecular flexibility index (Phi) is 4.40. The van der Waals surface area contributed by atoms with Crippen LogP contribution in [0.2, 0.25) is 0 Å². The van der Waals surface area contributed by atoms with E-state index in [0.717, 1.165) is 0 Å². The molecule has 2 N–H and O–H groups in total. The van der Waals surface area contributed by atoms with Crippen LogP contribution in [0.1, 0.15) is 16.7 Å². The van der Waals surface area contributed by atoms with Crippen LogP contribution < -0.4 is 5.73 Å². The Balaban J connectivity index is 1.82. The van der Waals surface area contributed by atoms with Gasteiger partial charge in [0.2, 0.25) is 5.95 Å². The van der Waals surface area contributed by atoms with Crippen LogP contribution in [0.3, 0.4) is 0 Å². The van der Waals surface area contributed by atoms with E-state index >= 15 is 0 Å². The van der Waals surface area contributed by atoms with Crippen molar-refractivity contribution >= 4 is 17.1 Å². The van der Waals surface area contributed by atoms with Gasteiger partial charge in [-0.15, -0.1) is 0 Å². The quantitative estimate of drug-likeness (QED) is 0.504. The molecule has 0 saturated carbocycles. The summed E-state index contributed by atoms with van der Waals surface area (Å²) in [6.07, 6.45) is -5.58. The molecule has 3 aromatic heterocycles. The van der Waals surface area contributed by atoms with Crippen molar-refractivity contribution in [1.82, 2.24) is 29.3 Å². The number of anilines is 1. The van der Waals surface area contributed by atoms with Gasteiger partial charge in [0.25, 0.3) is 0 Å². The lowest BCUT2D eigenvalue weighted by Gasteiger charge is -2.14. The van der Waals surface area contributed by atoms with Gasteiger partial charge in [-0.2, -0.15) is 41.4 Å². The Morgan fingerprint density at radius 2 is 1.60 bits per heavy atom. The zero-order chi connectivity index (χ0) is 21.7. The van der Waals surface area contributed by atoms with Crippen LogP contribution >= 0.6 is 0 Å². The Hall–Kier alpha value is -3.64. The third-order valence-corrected chi connectivity index (χ3v) is 4.18. The first-order chi connectivity index (χ1) is 14.0. The summed E-state index contributed by atoms with van der Waals surface area (Å²) < 4.78 is 81.2. The molecule has 156 valence electrons. The third-order valence-electron chi connectivity index (χ3n) is 4.18. The summed E-state index contributed by atoms with van der Waals surface area (Å²) in [6, 6.07) is 3.01. The minimum atomic E-state index is -4.94. The Bertz CT molecular complexity index is 1180. The second-order valence-corrected chi connectivity index (χ2v) is 6.31. The highest BCUT2D eigenvalue weighted by Crippen LogP contribution is 2.36. The topological polar surface area (TPSA) is 87.4 Å². The van der Waals surface area contributed by atoms with Gasteiger partial charge in [-0.05, 0) is 29.8 Å². The number of hydrogen-bond acceptors (Lipinski definition) is 5. The zero-order valence-electron chi connectivity index (χ0n) is 14.8. The lowest BCUT2D eigenvalue weighted by atomic mass is 10.0. The molecule has 1 aromatic carbocycles. The van der Waals surface area contributed by atoms with Crippen LogP contribution in [0, 0.1) is 0 Å². The molecule has 0 radical (unpaired) electrons. The van der Waals surface area contributed by atoms with E-state index in [0.29, 0.717) is 12.1 Å². The largest absolute Gasteiger partial charge is 0.416 e. The number of nitrogens with zero attached hydrogens (tertiary/aromatic N) is 6. The van der Waals surface area contributed by atoms with Crippen molar-refractivity contribution in [2.24, 2.45) is 0 Å². The van der Waals surface area contributed by atoms with E-state index in [4.69, 9.17) is 5.73 Å². The van der Waals surface area contributed by atoms with E-state index in [1.807, 2.05) is 0 Å². The molecule has 0 saturated heterocycles. The zero-order valence-corrected chi connectivity index (χ0v) is 14.8. The van der Waals surface area contributed by atoms with E-state index in [-0.39, 0.29) is 41.1 Å². The molecule has 30 heavy (non-hydrogen) atoms. The predicted molar refractivity (Wildman–Crippen MR) is 92.4 cm³/mol. The Morgan fingerprint density at radius 3 is 2.17 bits per heavy atom. The standard InChI is InChI=1S/C17H11F6N7/c18-16(19,20)10-4-9(5-11(6-10)17(21,22)23)7-29-8-25-12-13(29)27-15(24)28-14(12)30-3-1-2-26-30/h1-6,8H,7H2,(H2,24,27,28). The van der Waals surface area contributed by atoms with Crippen molar-refractivity contribution in [2.45, 2.75) is 18.9 Å². The van der Waals surface area contributed by atoms with Gasteiger partial charge >= 0.3 is 12.4 Å². The fourth-order valence-corrected chi connectivity index (χ4v) is 2.92. The van der Waals surface area contributed by atoms with Gasteiger partial charge in [0.1, 0.15) is 0 Å². The first kappa shape index (κ1) is 19.7. The van der Waals surface area contributed by atoms with Crippen molar-refractivity contribution in [3.63, 3.8) is 0 Å². The Labute approximate surface area is 163 Å². The smallest absolute Gasteiger partial charge is 0.368 e. The molecule has 3 heterocycles. The maximum atomic E-state index is 13.1. The molecule has 0 unspecified atom stereocenters. The highest BCUT2D eigenvalue weighted by atomic mass is 19.4. The van der Waals surface area contributed by atoms with Gasteiger partial charge in [-0.25, -0.2) is 9.67 Å². The van der Waals surface area contributed by atoms with Crippen LogP contribution in [0.4, 0.5) is 32.3 Å². The molecule has 4 aromatic rings. The van der Waals surface area contributed by atoms with Gasteiger partial charge in [0.05, 0.1) is 24.0 Å². The van der Waals surface area contributed by atoms with E-state index < -0.39 is 23.5 Å². The van der Waals surface area contributed by atoms with Gasteiger partial charge in [-0.1, -0.05) is 0 Å². The van der Waals surface area contributed by atoms with Crippen molar-refractivity contribution in [1.29, 1.82) is 0 Å². The minimum Gasteiger partial charge on any atom is -0.368 e.